The number of nitrogens with one attached hydrogen (secondary N) is 1. The molecule has 1 aliphatic carbocycles. The molecule has 3 atom stereocenters. The minimum absolute atomic E-state index is 0.0109. The summed E-state index contributed by atoms with van der Waals surface area (Å²) in [4.78, 5) is 41.1. The maximum absolute atomic E-state index is 12.8. The Balaban J connectivity index is 1.84. The van der Waals surface area contributed by atoms with Crippen molar-refractivity contribution >= 4 is 34.3 Å². The van der Waals surface area contributed by atoms with E-state index in [2.05, 4.69) is 10.3 Å². The van der Waals surface area contributed by atoms with Crippen LogP contribution in [0.15, 0.2) is 5.38 Å². The molecule has 0 radical (unpaired) electrons. The Labute approximate surface area is 137 Å². The molecule has 2 amide bonds. The van der Waals surface area contributed by atoms with Gasteiger partial charge in [0.05, 0.1) is 0 Å². The van der Waals surface area contributed by atoms with Crippen LogP contribution in [0.25, 0.3) is 0 Å². The summed E-state index contributed by atoms with van der Waals surface area (Å²) < 4.78 is 0. The number of hydrogen-bond acceptors (Lipinski definition) is 5. The number of carboxylic acids is 1. The minimum Gasteiger partial charge on any atom is -0.480 e. The van der Waals surface area contributed by atoms with E-state index in [1.165, 1.54) is 23.2 Å². The lowest BCUT2D eigenvalue weighted by Crippen LogP contribution is -2.46. The number of nitrogens with zero attached hydrogens (tertiary/aromatic N) is 2. The molecule has 0 unspecified atom stereocenters. The molecule has 0 aromatic carbocycles. The minimum atomic E-state index is -0.954. The fraction of sp³-hybridized carbons (Fsp3) is 0.600. The van der Waals surface area contributed by atoms with E-state index in [-0.39, 0.29) is 29.5 Å². The number of thiazole rings is 1. The van der Waals surface area contributed by atoms with Gasteiger partial charge in [-0.25, -0.2) is 9.78 Å². The van der Waals surface area contributed by atoms with Gasteiger partial charge >= 0.3 is 5.97 Å². The number of anilines is 1. The molecule has 2 heterocycles. The molecule has 7 nitrogen and oxygen atoms in total. The van der Waals surface area contributed by atoms with Crippen molar-refractivity contribution in [1.29, 1.82) is 0 Å². The highest BCUT2D eigenvalue weighted by atomic mass is 32.1. The zero-order valence-electron chi connectivity index (χ0n) is 12.8. The molecule has 1 aromatic rings. The Bertz CT molecular complexity index is 644. The zero-order valence-corrected chi connectivity index (χ0v) is 13.6. The number of aliphatic carboxylic acids is 1. The maximum atomic E-state index is 12.8. The average molecular weight is 337 g/mol. The molecule has 23 heavy (non-hydrogen) atoms. The third-order valence-electron chi connectivity index (χ3n) is 4.61. The molecular weight excluding hydrogens is 318 g/mol. The molecule has 1 aliphatic heterocycles. The molecule has 1 aromatic heterocycles. The molecule has 0 spiro atoms. The molecule has 0 bridgehead atoms. The van der Waals surface area contributed by atoms with Crippen LogP contribution in [0.4, 0.5) is 5.13 Å². The first kappa shape index (κ1) is 15.9. The lowest BCUT2D eigenvalue weighted by Gasteiger charge is -2.32. The van der Waals surface area contributed by atoms with Crippen molar-refractivity contribution in [3.63, 3.8) is 0 Å². The SMILES string of the molecule is CC(=O)Nc1nc(C(=O)N2[C@H](C(=O)O)C[C@H]3CCCC[C@@H]32)cs1. The van der Waals surface area contributed by atoms with Crippen molar-refractivity contribution in [2.24, 2.45) is 5.92 Å². The van der Waals surface area contributed by atoms with Gasteiger partial charge in [0, 0.05) is 18.3 Å². The number of fused-ring (bicyclic) bond motifs is 1. The van der Waals surface area contributed by atoms with Gasteiger partial charge in [-0.2, -0.15) is 0 Å². The second-order valence-electron chi connectivity index (χ2n) is 6.13. The maximum Gasteiger partial charge on any atom is 0.326 e. The highest BCUT2D eigenvalue weighted by Gasteiger charge is 2.48. The first-order valence-electron chi connectivity index (χ1n) is 7.76. The van der Waals surface area contributed by atoms with Crippen LogP contribution in [0, 0.1) is 5.92 Å². The van der Waals surface area contributed by atoms with E-state index in [4.69, 9.17) is 0 Å². The average Bonchev–Trinajstić information content (AvgIpc) is 3.10. The van der Waals surface area contributed by atoms with E-state index in [0.717, 1.165) is 25.7 Å². The molecule has 1 saturated heterocycles. The zero-order chi connectivity index (χ0) is 16.6. The normalized spacial score (nSPS) is 26.7. The van der Waals surface area contributed by atoms with Crippen LogP contribution in [0.5, 0.6) is 0 Å². The number of likely N-dealkylation sites (tertiary alicyclic amines) is 1. The number of carbonyl (C=O) groups is 3. The lowest BCUT2D eigenvalue weighted by atomic mass is 9.84. The van der Waals surface area contributed by atoms with E-state index in [1.807, 2.05) is 0 Å². The first-order chi connectivity index (χ1) is 11.0. The molecule has 2 N–H and O–H groups in total. The monoisotopic (exact) mass is 337 g/mol. The van der Waals surface area contributed by atoms with Crippen LogP contribution in [-0.4, -0.2) is 44.9 Å². The van der Waals surface area contributed by atoms with Gasteiger partial charge in [0.25, 0.3) is 5.91 Å². The van der Waals surface area contributed by atoms with Gasteiger partial charge in [-0.1, -0.05) is 12.8 Å². The summed E-state index contributed by atoms with van der Waals surface area (Å²) in [5, 5.41) is 14.0. The number of carbonyl (C=O) groups excluding carboxylic acids is 2. The van der Waals surface area contributed by atoms with E-state index < -0.39 is 12.0 Å². The van der Waals surface area contributed by atoms with Gasteiger partial charge in [-0.15, -0.1) is 11.3 Å². The summed E-state index contributed by atoms with van der Waals surface area (Å²) in [5.41, 5.74) is 0.205. The van der Waals surface area contributed by atoms with Gasteiger partial charge < -0.3 is 15.3 Å². The quantitative estimate of drug-likeness (QED) is 0.878. The number of amides is 2. The van der Waals surface area contributed by atoms with Crippen LogP contribution >= 0.6 is 11.3 Å². The summed E-state index contributed by atoms with van der Waals surface area (Å²) in [6.07, 6.45) is 4.47. The van der Waals surface area contributed by atoms with Crippen molar-refractivity contribution in [3.8, 4) is 0 Å². The van der Waals surface area contributed by atoms with Crippen molar-refractivity contribution in [3.05, 3.63) is 11.1 Å². The summed E-state index contributed by atoms with van der Waals surface area (Å²) in [6, 6.07) is -0.787. The van der Waals surface area contributed by atoms with Crippen LogP contribution in [-0.2, 0) is 9.59 Å². The van der Waals surface area contributed by atoms with Crippen LogP contribution < -0.4 is 5.32 Å². The molecule has 2 fully saturated rings. The van der Waals surface area contributed by atoms with E-state index in [0.29, 0.717) is 11.6 Å². The number of rotatable bonds is 3. The fourth-order valence-electron chi connectivity index (χ4n) is 3.68. The summed E-state index contributed by atoms with van der Waals surface area (Å²) in [5.74, 6) is -1.29. The Hall–Kier alpha value is -1.96. The standard InChI is InChI=1S/C15H19N3O4S/c1-8(19)16-15-17-10(7-23-15)13(20)18-11-5-3-2-4-9(11)6-12(18)14(21)22/h7,9,11-12H,2-6H2,1H3,(H,21,22)(H,16,17,19)/t9-,11+,12+/m1/s1. The Kier molecular flexibility index (Phi) is 4.34. The summed E-state index contributed by atoms with van der Waals surface area (Å²) >= 11 is 1.17. The number of carboxylic acid groups (broad SMARTS) is 1. The van der Waals surface area contributed by atoms with E-state index in [1.54, 1.807) is 5.38 Å². The second kappa shape index (κ2) is 6.27. The lowest BCUT2D eigenvalue weighted by molar-refractivity contribution is -0.141. The van der Waals surface area contributed by atoms with Gasteiger partial charge in [0.1, 0.15) is 11.7 Å². The highest BCUT2D eigenvalue weighted by Crippen LogP contribution is 2.40. The summed E-state index contributed by atoms with van der Waals surface area (Å²) in [7, 11) is 0. The number of aromatic nitrogens is 1. The van der Waals surface area contributed by atoms with Crippen molar-refractivity contribution < 1.29 is 19.5 Å². The molecule has 8 heteroatoms. The second-order valence-corrected chi connectivity index (χ2v) is 6.99. The Morgan fingerprint density at radius 3 is 2.78 bits per heavy atom. The highest BCUT2D eigenvalue weighted by molar-refractivity contribution is 7.14. The molecule has 2 aliphatic rings. The van der Waals surface area contributed by atoms with Crippen molar-refractivity contribution in [1.82, 2.24) is 9.88 Å². The van der Waals surface area contributed by atoms with Crippen molar-refractivity contribution in [2.45, 2.75) is 51.1 Å². The van der Waals surface area contributed by atoms with Gasteiger partial charge in [-0.05, 0) is 25.2 Å². The smallest absolute Gasteiger partial charge is 0.326 e. The fourth-order valence-corrected chi connectivity index (χ4v) is 4.42. The van der Waals surface area contributed by atoms with Crippen LogP contribution in [0.2, 0.25) is 0 Å². The predicted molar refractivity (Wildman–Crippen MR) is 84.4 cm³/mol. The summed E-state index contributed by atoms with van der Waals surface area (Å²) in [6.45, 7) is 1.37. The molecule has 3 rings (SSSR count). The number of hydrogen-bond donors (Lipinski definition) is 2. The third kappa shape index (κ3) is 3.08. The Morgan fingerprint density at radius 2 is 2.09 bits per heavy atom. The van der Waals surface area contributed by atoms with Gasteiger partial charge in [0.15, 0.2) is 5.13 Å². The Morgan fingerprint density at radius 1 is 1.35 bits per heavy atom. The van der Waals surface area contributed by atoms with E-state index >= 15 is 0 Å². The largest absolute Gasteiger partial charge is 0.480 e. The first-order valence-corrected chi connectivity index (χ1v) is 8.64. The van der Waals surface area contributed by atoms with Crippen molar-refractivity contribution in [2.75, 3.05) is 5.32 Å². The van der Waals surface area contributed by atoms with Gasteiger partial charge in [-0.3, -0.25) is 9.59 Å². The van der Waals surface area contributed by atoms with Crippen LogP contribution in [0.1, 0.15) is 49.5 Å². The molecular formula is C15H19N3O4S. The van der Waals surface area contributed by atoms with E-state index in [9.17, 15) is 19.5 Å². The predicted octanol–water partition coefficient (Wildman–Crippen LogP) is 1.96. The topological polar surface area (TPSA) is 99.6 Å². The van der Waals surface area contributed by atoms with Crippen LogP contribution in [0.3, 0.4) is 0 Å². The molecule has 1 saturated carbocycles. The molecule has 124 valence electrons. The van der Waals surface area contributed by atoms with Gasteiger partial charge in [0.2, 0.25) is 5.91 Å². The third-order valence-corrected chi connectivity index (χ3v) is 5.37.